The molecule has 0 N–H and O–H groups in total. The maximum atomic E-state index is 12.6. The highest BCUT2D eigenvalue weighted by atomic mass is 32.2. The van der Waals surface area contributed by atoms with Gasteiger partial charge in [0.2, 0.25) is 0 Å². The van der Waals surface area contributed by atoms with Gasteiger partial charge in [-0.05, 0) is 36.2 Å². The van der Waals surface area contributed by atoms with Crippen LogP contribution < -0.4 is 0 Å². The van der Waals surface area contributed by atoms with Crippen LogP contribution in [-0.4, -0.2) is 16.7 Å². The van der Waals surface area contributed by atoms with Crippen LogP contribution in [0.4, 0.5) is 0 Å². The summed E-state index contributed by atoms with van der Waals surface area (Å²) in [4.78, 5) is 29.5. The number of amides is 1. The molecule has 0 spiro atoms. The molecule has 180 valence electrons. The van der Waals surface area contributed by atoms with E-state index in [1.807, 2.05) is 55.5 Å². The van der Waals surface area contributed by atoms with E-state index in [1.54, 1.807) is 42.6 Å². The second-order valence-corrected chi connectivity index (χ2v) is 8.94. The second kappa shape index (κ2) is 12.4. The Balaban J connectivity index is 0.00000361. The molecule has 0 aliphatic rings. The number of Topliss-reactive ketones (excluding diaryl/α,β-unsaturated/α-hetero) is 1. The molecule has 0 aliphatic heterocycles. The third-order valence-electron chi connectivity index (χ3n) is 5.21. The molecule has 0 unspecified atom stereocenters. The molecule has 1 amide bonds. The van der Waals surface area contributed by atoms with Crippen molar-refractivity contribution in [2.24, 2.45) is 4.36 Å². The van der Waals surface area contributed by atoms with Crippen LogP contribution in [0.3, 0.4) is 0 Å². The number of hydrogen-bond donors (Lipinski definition) is 0. The lowest BCUT2D eigenvalue weighted by atomic mass is 9.99. The zero-order valence-corrected chi connectivity index (χ0v) is 19.8. The fraction of sp³-hybridized carbons (Fsp3) is 0.100. The van der Waals surface area contributed by atoms with Crippen molar-refractivity contribution in [2.45, 2.75) is 25.7 Å². The number of carbonyl (C=O) groups is 2. The van der Waals surface area contributed by atoms with Crippen LogP contribution in [0.2, 0.25) is 0 Å². The van der Waals surface area contributed by atoms with E-state index in [0.717, 1.165) is 22.3 Å². The van der Waals surface area contributed by atoms with Crippen molar-refractivity contribution < 1.29 is 13.8 Å². The number of hydrogen-bond acceptors (Lipinski definition) is 5. The molecule has 0 atom stereocenters. The fourth-order valence-electron chi connectivity index (χ4n) is 3.36. The summed E-state index contributed by atoms with van der Waals surface area (Å²) < 4.78 is 16.0. The van der Waals surface area contributed by atoms with Gasteiger partial charge >= 0.3 is 0 Å². The predicted octanol–water partition coefficient (Wildman–Crippen LogP) is 6.20. The Hall–Kier alpha value is -4.34. The summed E-state index contributed by atoms with van der Waals surface area (Å²) in [7, 11) is -1.79. The number of benzene rings is 3. The molecule has 0 bridgehead atoms. The first-order chi connectivity index (χ1) is 17.0. The first kappa shape index (κ1) is 26.3. The van der Waals surface area contributed by atoms with Gasteiger partial charge < -0.3 is 8.57 Å². The van der Waals surface area contributed by atoms with Crippen LogP contribution in [0.1, 0.15) is 50.4 Å². The van der Waals surface area contributed by atoms with Crippen molar-refractivity contribution in [3.8, 4) is 11.8 Å². The van der Waals surface area contributed by atoms with Crippen molar-refractivity contribution in [1.29, 1.82) is 0 Å². The Morgan fingerprint density at radius 1 is 0.861 bits per heavy atom. The molecule has 36 heavy (non-hydrogen) atoms. The average molecular weight is 494 g/mol. The topological polar surface area (TPSA) is 76.5 Å². The minimum absolute atomic E-state index is 0. The first-order valence-corrected chi connectivity index (χ1v) is 12.0. The molecule has 3 aromatic carbocycles. The molecule has 4 aromatic rings. The highest BCUT2D eigenvalue weighted by Crippen LogP contribution is 2.13. The molecule has 1 aromatic heterocycles. The molecule has 6 heteroatoms. The van der Waals surface area contributed by atoms with Gasteiger partial charge in [-0.15, -0.1) is 0 Å². The third kappa shape index (κ3) is 6.84. The number of aromatic nitrogens is 1. The van der Waals surface area contributed by atoms with Gasteiger partial charge in [-0.25, -0.2) is 0 Å². The number of carbonyl (C=O) groups excluding carboxylic acids is 2. The Bertz CT molecular complexity index is 1530. The van der Waals surface area contributed by atoms with E-state index in [4.69, 9.17) is 0 Å². The van der Waals surface area contributed by atoms with Gasteiger partial charge in [-0.1, -0.05) is 90.9 Å². The van der Waals surface area contributed by atoms with Gasteiger partial charge in [0.1, 0.15) is 0 Å². The molecule has 4 rings (SSSR count). The lowest BCUT2D eigenvalue weighted by Crippen LogP contribution is -2.05. The number of nitrogens with zero attached hydrogens (tertiary/aromatic N) is 2. The largest absolute Gasteiger partial charge is 0.440 e. The summed E-state index contributed by atoms with van der Waals surface area (Å²) in [5.41, 5.74) is 4.13. The minimum atomic E-state index is -1.79. The second-order valence-electron chi connectivity index (χ2n) is 7.78. The van der Waals surface area contributed by atoms with Gasteiger partial charge in [0, 0.05) is 35.5 Å². The van der Waals surface area contributed by atoms with Gasteiger partial charge in [-0.2, -0.15) is 10.6 Å². The highest BCUT2D eigenvalue weighted by molar-refractivity contribution is 7.75. The zero-order valence-electron chi connectivity index (χ0n) is 19.0. The molecule has 0 fully saturated rings. The quantitative estimate of drug-likeness (QED) is 0.188. The molecular formula is C30H25N2O3S-. The van der Waals surface area contributed by atoms with Crippen LogP contribution in [-0.2, 0) is 21.2 Å². The van der Waals surface area contributed by atoms with Gasteiger partial charge in [0.05, 0.1) is 5.56 Å². The Morgan fingerprint density at radius 3 is 2.25 bits per heavy atom. The summed E-state index contributed by atoms with van der Waals surface area (Å²) in [6.07, 6.45) is 3.24. The standard InChI is InChI=1S/C29H21N2O3S.CH4/c1-21-7-5-6-10-27(21)28(32)18-23-14-11-22(12-15-23)13-16-24-17-25(20-30-19-24)29(33)31-35(34)26-8-3-2-4-9-26;/h2-12,14-15,17,19-20H,18H2,1H3;1H4/q-1;. The maximum absolute atomic E-state index is 12.6. The Morgan fingerprint density at radius 2 is 1.53 bits per heavy atom. The van der Waals surface area contributed by atoms with Crippen molar-refractivity contribution in [2.75, 3.05) is 0 Å². The van der Waals surface area contributed by atoms with Crippen molar-refractivity contribution in [1.82, 2.24) is 4.98 Å². The van der Waals surface area contributed by atoms with Crippen LogP contribution >= 0.6 is 0 Å². The van der Waals surface area contributed by atoms with Crippen molar-refractivity contribution in [3.63, 3.8) is 0 Å². The molecule has 0 aliphatic carbocycles. The predicted molar refractivity (Wildman–Crippen MR) is 142 cm³/mol. The Labute approximate surface area is 213 Å². The summed E-state index contributed by atoms with van der Waals surface area (Å²) >= 11 is 0. The number of pyridine rings is 1. The Kier molecular flexibility index (Phi) is 9.04. The molecule has 0 saturated carbocycles. The first-order valence-electron chi connectivity index (χ1n) is 10.9. The smallest absolute Gasteiger partial charge is 0.255 e. The van der Waals surface area contributed by atoms with Crippen LogP contribution in [0, 0.1) is 18.8 Å². The summed E-state index contributed by atoms with van der Waals surface area (Å²) in [6.45, 7) is 1.93. The van der Waals surface area contributed by atoms with E-state index >= 15 is 0 Å². The molecular weight excluding hydrogens is 468 g/mol. The molecule has 1 heterocycles. The molecule has 5 nitrogen and oxygen atoms in total. The van der Waals surface area contributed by atoms with Crippen molar-refractivity contribution in [3.05, 3.63) is 131 Å². The summed E-state index contributed by atoms with van der Waals surface area (Å²) in [5, 5.41) is 0. The van der Waals surface area contributed by atoms with Crippen LogP contribution in [0.25, 0.3) is 0 Å². The third-order valence-corrected chi connectivity index (χ3v) is 6.22. The highest BCUT2D eigenvalue weighted by Gasteiger charge is 2.09. The summed E-state index contributed by atoms with van der Waals surface area (Å²) in [6, 6.07) is 25.2. The summed E-state index contributed by atoms with van der Waals surface area (Å²) in [5.74, 6) is 5.48. The lowest BCUT2D eigenvalue weighted by Gasteiger charge is -2.05. The van der Waals surface area contributed by atoms with E-state index in [9.17, 15) is 13.8 Å². The van der Waals surface area contributed by atoms with E-state index in [-0.39, 0.29) is 18.8 Å². The van der Waals surface area contributed by atoms with Crippen LogP contribution in [0.15, 0.2) is 107 Å². The zero-order chi connectivity index (χ0) is 24.6. The normalized spacial score (nSPS) is 11.0. The van der Waals surface area contributed by atoms with Gasteiger partial charge in [0.15, 0.2) is 5.78 Å². The van der Waals surface area contributed by atoms with Gasteiger partial charge in [-0.3, -0.25) is 14.6 Å². The maximum Gasteiger partial charge on any atom is 0.255 e. The number of aryl methyl sites for hydroxylation is 1. The fourth-order valence-corrected chi connectivity index (χ4v) is 4.11. The van der Waals surface area contributed by atoms with Gasteiger partial charge in [0.25, 0.3) is 5.91 Å². The van der Waals surface area contributed by atoms with Crippen molar-refractivity contribution >= 4 is 22.3 Å². The molecule has 0 radical (unpaired) electrons. The SMILES string of the molecule is C.Cc1ccccc1C(=O)Cc1ccc(C#Cc2cncc(C(=O)N=[S-](=O)c3ccccc3)c2)cc1. The van der Waals surface area contributed by atoms with E-state index < -0.39 is 16.5 Å². The number of rotatable bonds is 5. The monoisotopic (exact) mass is 493 g/mol. The van der Waals surface area contributed by atoms with E-state index in [0.29, 0.717) is 16.9 Å². The van der Waals surface area contributed by atoms with E-state index in [2.05, 4.69) is 21.2 Å². The average Bonchev–Trinajstić information content (AvgIpc) is 2.89. The van der Waals surface area contributed by atoms with Crippen LogP contribution in [0.5, 0.6) is 0 Å². The minimum Gasteiger partial charge on any atom is -0.440 e. The van der Waals surface area contributed by atoms with E-state index in [1.165, 1.54) is 6.20 Å². The number of ketones is 1. The molecule has 0 saturated heterocycles. The lowest BCUT2D eigenvalue weighted by molar-refractivity contribution is 0.0988.